The van der Waals surface area contributed by atoms with Crippen molar-refractivity contribution in [3.63, 3.8) is 0 Å². The molecule has 1 N–H and O–H groups in total. The monoisotopic (exact) mass is 207 g/mol. The van der Waals surface area contributed by atoms with E-state index >= 15 is 0 Å². The van der Waals surface area contributed by atoms with Crippen LogP contribution in [0.25, 0.3) is 16.5 Å². The second kappa shape index (κ2) is 3.92. The molecular weight excluding hydrogens is 198 g/mol. The second-order valence-electron chi connectivity index (χ2n) is 3.47. The van der Waals surface area contributed by atoms with Crippen LogP contribution < -0.4 is 0 Å². The standard InChI is InChI=1S/C13H9N3/c1-9(10(6-14)7-15)12-8-16-13-5-3-2-4-11(12)13/h2-5,8,16H,1H3. The summed E-state index contributed by atoms with van der Waals surface area (Å²) in [6, 6.07) is 11.6. The highest BCUT2D eigenvalue weighted by Crippen LogP contribution is 2.26. The Hall–Kier alpha value is -2.52. The van der Waals surface area contributed by atoms with Crippen LogP contribution in [0.4, 0.5) is 0 Å². The highest BCUT2D eigenvalue weighted by atomic mass is 14.7. The van der Waals surface area contributed by atoms with E-state index in [2.05, 4.69) is 4.98 Å². The minimum atomic E-state index is 0.157. The van der Waals surface area contributed by atoms with Crippen molar-refractivity contribution in [1.82, 2.24) is 4.98 Å². The highest BCUT2D eigenvalue weighted by Gasteiger charge is 2.08. The Morgan fingerprint density at radius 1 is 1.19 bits per heavy atom. The number of hydrogen-bond donors (Lipinski definition) is 1. The van der Waals surface area contributed by atoms with Gasteiger partial charge in [0.25, 0.3) is 0 Å². The Kier molecular flexibility index (Phi) is 2.45. The van der Waals surface area contributed by atoms with Crippen molar-refractivity contribution < 1.29 is 0 Å². The van der Waals surface area contributed by atoms with Gasteiger partial charge in [-0.05, 0) is 18.6 Å². The average Bonchev–Trinajstić information content (AvgIpc) is 2.74. The Balaban J connectivity index is 2.72. The lowest BCUT2D eigenvalue weighted by molar-refractivity contribution is 1.43. The molecule has 1 aromatic carbocycles. The van der Waals surface area contributed by atoms with Crippen LogP contribution in [-0.2, 0) is 0 Å². The molecule has 0 aliphatic carbocycles. The average molecular weight is 207 g/mol. The van der Waals surface area contributed by atoms with Crippen LogP contribution in [-0.4, -0.2) is 4.98 Å². The normalized spacial score (nSPS) is 9.44. The number of allylic oxidation sites excluding steroid dienone is 2. The van der Waals surface area contributed by atoms with Crippen molar-refractivity contribution in [1.29, 1.82) is 10.5 Å². The molecule has 0 saturated heterocycles. The molecule has 16 heavy (non-hydrogen) atoms. The lowest BCUT2D eigenvalue weighted by Crippen LogP contribution is -1.82. The molecule has 0 saturated carbocycles. The SMILES string of the molecule is CC(=C(C#N)C#N)c1c[nH]c2ccccc12. The summed E-state index contributed by atoms with van der Waals surface area (Å²) in [6.45, 7) is 1.79. The van der Waals surface area contributed by atoms with Crippen LogP contribution in [0.5, 0.6) is 0 Å². The van der Waals surface area contributed by atoms with Gasteiger partial charge in [-0.2, -0.15) is 10.5 Å². The third kappa shape index (κ3) is 1.45. The minimum Gasteiger partial charge on any atom is -0.361 e. The molecule has 1 heterocycles. The van der Waals surface area contributed by atoms with Crippen LogP contribution >= 0.6 is 0 Å². The molecule has 0 bridgehead atoms. The zero-order valence-electron chi connectivity index (χ0n) is 8.78. The van der Waals surface area contributed by atoms with Gasteiger partial charge in [0.2, 0.25) is 0 Å². The number of aromatic nitrogens is 1. The van der Waals surface area contributed by atoms with Crippen molar-refractivity contribution >= 4 is 16.5 Å². The van der Waals surface area contributed by atoms with Crippen LogP contribution in [0.3, 0.4) is 0 Å². The molecule has 2 rings (SSSR count). The van der Waals surface area contributed by atoms with Gasteiger partial charge in [0, 0.05) is 22.7 Å². The van der Waals surface area contributed by atoms with E-state index in [9.17, 15) is 0 Å². The second-order valence-corrected chi connectivity index (χ2v) is 3.47. The third-order valence-corrected chi connectivity index (χ3v) is 2.59. The Bertz CT molecular complexity index is 632. The van der Waals surface area contributed by atoms with Gasteiger partial charge in [-0.3, -0.25) is 0 Å². The Morgan fingerprint density at radius 2 is 1.88 bits per heavy atom. The van der Waals surface area contributed by atoms with Crippen molar-refractivity contribution in [2.75, 3.05) is 0 Å². The fourth-order valence-electron chi connectivity index (χ4n) is 1.71. The summed E-state index contributed by atoms with van der Waals surface area (Å²) in [4.78, 5) is 3.12. The number of nitrogens with one attached hydrogen (secondary N) is 1. The van der Waals surface area contributed by atoms with Gasteiger partial charge < -0.3 is 4.98 Å². The first-order valence-electron chi connectivity index (χ1n) is 4.85. The van der Waals surface area contributed by atoms with Gasteiger partial charge in [0.05, 0.1) is 0 Å². The van der Waals surface area contributed by atoms with Crippen LogP contribution in [0.15, 0.2) is 36.0 Å². The molecule has 76 valence electrons. The van der Waals surface area contributed by atoms with Gasteiger partial charge in [0.1, 0.15) is 17.7 Å². The molecule has 0 atom stereocenters. The summed E-state index contributed by atoms with van der Waals surface area (Å²) in [7, 11) is 0. The summed E-state index contributed by atoms with van der Waals surface area (Å²) in [5, 5.41) is 18.7. The number of hydrogen-bond acceptors (Lipinski definition) is 2. The quantitative estimate of drug-likeness (QED) is 0.730. The van der Waals surface area contributed by atoms with Gasteiger partial charge >= 0.3 is 0 Å². The number of H-pyrrole nitrogens is 1. The molecule has 3 heteroatoms. The summed E-state index contributed by atoms with van der Waals surface area (Å²) >= 11 is 0. The Labute approximate surface area is 93.2 Å². The summed E-state index contributed by atoms with van der Waals surface area (Å²) in [5.74, 6) is 0. The lowest BCUT2D eigenvalue weighted by atomic mass is 10.0. The maximum atomic E-state index is 8.83. The predicted octanol–water partition coefficient (Wildman–Crippen LogP) is 2.99. The fourth-order valence-corrected chi connectivity index (χ4v) is 1.71. The van der Waals surface area contributed by atoms with Gasteiger partial charge in [-0.1, -0.05) is 18.2 Å². The smallest absolute Gasteiger partial charge is 0.133 e. The minimum absolute atomic E-state index is 0.157. The van der Waals surface area contributed by atoms with E-state index in [-0.39, 0.29) is 5.57 Å². The molecule has 0 aliphatic rings. The fraction of sp³-hybridized carbons (Fsp3) is 0.0769. The van der Waals surface area contributed by atoms with Crippen molar-refractivity contribution in [2.24, 2.45) is 0 Å². The number of nitriles is 2. The van der Waals surface area contributed by atoms with E-state index in [0.29, 0.717) is 5.57 Å². The number of rotatable bonds is 1. The van der Waals surface area contributed by atoms with Gasteiger partial charge in [0.15, 0.2) is 0 Å². The summed E-state index contributed by atoms with van der Waals surface area (Å²) in [6.07, 6.45) is 1.83. The van der Waals surface area contributed by atoms with Crippen molar-refractivity contribution in [2.45, 2.75) is 6.92 Å². The first kappa shape index (κ1) is 10.0. The highest BCUT2D eigenvalue weighted by molar-refractivity contribution is 5.94. The number of fused-ring (bicyclic) bond motifs is 1. The van der Waals surface area contributed by atoms with E-state index in [4.69, 9.17) is 10.5 Å². The van der Waals surface area contributed by atoms with E-state index in [1.165, 1.54) is 0 Å². The summed E-state index contributed by atoms with van der Waals surface area (Å²) in [5.41, 5.74) is 2.79. The topological polar surface area (TPSA) is 63.4 Å². The number of benzene rings is 1. The van der Waals surface area contributed by atoms with E-state index in [1.54, 1.807) is 6.92 Å². The van der Waals surface area contributed by atoms with Crippen LogP contribution in [0.2, 0.25) is 0 Å². The molecule has 0 spiro atoms. The molecule has 0 unspecified atom stereocenters. The zero-order chi connectivity index (χ0) is 11.5. The van der Waals surface area contributed by atoms with Crippen LogP contribution in [0.1, 0.15) is 12.5 Å². The Morgan fingerprint density at radius 3 is 2.56 bits per heavy atom. The number of aromatic amines is 1. The lowest BCUT2D eigenvalue weighted by Gasteiger charge is -1.98. The maximum absolute atomic E-state index is 8.83. The molecule has 1 aromatic heterocycles. The molecule has 0 radical (unpaired) electrons. The maximum Gasteiger partial charge on any atom is 0.133 e. The van der Waals surface area contributed by atoms with Crippen molar-refractivity contribution in [3.05, 3.63) is 41.6 Å². The molecule has 0 fully saturated rings. The molecular formula is C13H9N3. The molecule has 0 aliphatic heterocycles. The van der Waals surface area contributed by atoms with E-state index in [1.807, 2.05) is 42.6 Å². The van der Waals surface area contributed by atoms with Crippen LogP contribution in [0, 0.1) is 22.7 Å². The first-order chi connectivity index (χ1) is 7.77. The zero-order valence-corrected chi connectivity index (χ0v) is 8.78. The summed E-state index contributed by atoms with van der Waals surface area (Å²) < 4.78 is 0. The molecule has 3 nitrogen and oxygen atoms in total. The predicted molar refractivity (Wildman–Crippen MR) is 62.1 cm³/mol. The van der Waals surface area contributed by atoms with Crippen molar-refractivity contribution in [3.8, 4) is 12.1 Å². The number of nitrogens with zero attached hydrogens (tertiary/aromatic N) is 2. The van der Waals surface area contributed by atoms with E-state index in [0.717, 1.165) is 16.5 Å². The first-order valence-corrected chi connectivity index (χ1v) is 4.85. The molecule has 0 amide bonds. The van der Waals surface area contributed by atoms with Gasteiger partial charge in [-0.25, -0.2) is 0 Å². The third-order valence-electron chi connectivity index (χ3n) is 2.59. The molecule has 2 aromatic rings. The van der Waals surface area contributed by atoms with Gasteiger partial charge in [-0.15, -0.1) is 0 Å². The number of para-hydroxylation sites is 1. The largest absolute Gasteiger partial charge is 0.361 e. The van der Waals surface area contributed by atoms with E-state index < -0.39 is 0 Å².